The normalized spacial score (nSPS) is 9.33. The largest absolute Gasteiger partial charge is 2.00 e. The summed E-state index contributed by atoms with van der Waals surface area (Å²) in [5.41, 5.74) is 0. The van der Waals surface area contributed by atoms with Crippen LogP contribution in [0.4, 0.5) is 0 Å². The second kappa shape index (κ2) is 7.34. The molecule has 0 aromatic rings. The first-order valence-corrected chi connectivity index (χ1v) is 6.35. The zero-order valence-corrected chi connectivity index (χ0v) is 9.58. The molecule has 52 valence electrons. The van der Waals surface area contributed by atoms with Crippen molar-refractivity contribution >= 4 is 31.1 Å². The Labute approximate surface area is 80.8 Å². The van der Waals surface area contributed by atoms with Gasteiger partial charge in [-0.3, -0.25) is 0 Å². The molecule has 0 spiro atoms. The van der Waals surface area contributed by atoms with Crippen molar-refractivity contribution in [3.05, 3.63) is 0 Å². The molecule has 0 amide bonds. The molecular weight excluding hydrogens is 164 g/mol. The van der Waals surface area contributed by atoms with Crippen LogP contribution < -0.4 is 17.5 Å². The Bertz CT molecular complexity index is 55.4. The van der Waals surface area contributed by atoms with E-state index in [1.165, 1.54) is 0 Å². The van der Waals surface area contributed by atoms with Crippen molar-refractivity contribution in [3.8, 4) is 0 Å². The van der Waals surface area contributed by atoms with Crippen LogP contribution in [0, 0.1) is 0 Å². The Morgan fingerprint density at radius 3 is 1.56 bits per heavy atom. The predicted molar refractivity (Wildman–Crippen MR) is 38.8 cm³/mol. The molecule has 0 bridgehead atoms. The fourth-order valence-electron chi connectivity index (χ4n) is 0.306. The molecule has 0 atom stereocenters. The maximum Gasteiger partial charge on any atom is 2.00 e. The molecule has 0 N–H and O–H groups in total. The SMILES string of the molecule is C[Si](C)(C)CC[O-].[Cl-].[Mg+2]. The number of halogens is 1. The quantitative estimate of drug-likeness (QED) is 0.421. The first-order valence-electron chi connectivity index (χ1n) is 2.64. The second-order valence-corrected chi connectivity index (χ2v) is 8.64. The van der Waals surface area contributed by atoms with E-state index in [1.807, 2.05) is 0 Å². The zero-order chi connectivity index (χ0) is 5.91. The van der Waals surface area contributed by atoms with Gasteiger partial charge in [0.15, 0.2) is 0 Å². The summed E-state index contributed by atoms with van der Waals surface area (Å²) in [5.74, 6) is 0. The van der Waals surface area contributed by atoms with Crippen molar-refractivity contribution < 1.29 is 17.5 Å². The van der Waals surface area contributed by atoms with Gasteiger partial charge in [0.05, 0.1) is 0 Å². The fraction of sp³-hybridized carbons (Fsp3) is 1.00. The first kappa shape index (κ1) is 16.7. The monoisotopic (exact) mass is 176 g/mol. The van der Waals surface area contributed by atoms with Crippen LogP contribution in [-0.4, -0.2) is 37.7 Å². The van der Waals surface area contributed by atoms with Gasteiger partial charge < -0.3 is 17.5 Å². The standard InChI is InChI=1S/C5H13OSi.ClH.Mg/c1-7(2,3)5-4-6;;/h4-5H2,1-3H3;1H;/q-1;;+2/p-1. The summed E-state index contributed by atoms with van der Waals surface area (Å²) < 4.78 is 0. The molecule has 0 radical (unpaired) electrons. The van der Waals surface area contributed by atoms with Crippen LogP contribution in [0.1, 0.15) is 0 Å². The molecule has 0 aliphatic heterocycles. The van der Waals surface area contributed by atoms with E-state index in [-0.39, 0.29) is 42.1 Å². The average molecular weight is 177 g/mol. The van der Waals surface area contributed by atoms with Crippen LogP contribution >= 0.6 is 0 Å². The van der Waals surface area contributed by atoms with Gasteiger partial charge in [-0.1, -0.05) is 25.7 Å². The minimum atomic E-state index is -0.970. The van der Waals surface area contributed by atoms with E-state index in [2.05, 4.69) is 19.6 Å². The average Bonchev–Trinajstić information content (AvgIpc) is 1.30. The van der Waals surface area contributed by atoms with Gasteiger partial charge in [-0.15, -0.1) is 6.61 Å². The van der Waals surface area contributed by atoms with Crippen LogP contribution in [0.5, 0.6) is 0 Å². The molecule has 0 fully saturated rings. The van der Waals surface area contributed by atoms with Gasteiger partial charge in [-0.2, -0.15) is 0 Å². The summed E-state index contributed by atoms with van der Waals surface area (Å²) in [5, 5.41) is 9.98. The molecule has 0 aliphatic rings. The van der Waals surface area contributed by atoms with E-state index in [4.69, 9.17) is 0 Å². The molecule has 0 aromatic heterocycles. The van der Waals surface area contributed by atoms with Gasteiger partial charge >= 0.3 is 23.1 Å². The van der Waals surface area contributed by atoms with Gasteiger partial charge in [0, 0.05) is 8.07 Å². The van der Waals surface area contributed by atoms with Crippen LogP contribution in [0.15, 0.2) is 0 Å². The van der Waals surface area contributed by atoms with E-state index in [9.17, 15) is 5.11 Å². The number of rotatable bonds is 2. The maximum absolute atomic E-state index is 9.98. The first-order chi connectivity index (χ1) is 3.06. The Kier molecular flexibility index (Phi) is 13.6. The Hall–Kier alpha value is 1.23. The third kappa shape index (κ3) is 17.6. The minimum absolute atomic E-state index is 0. The summed E-state index contributed by atoms with van der Waals surface area (Å²) in [6.07, 6.45) is 0. The van der Waals surface area contributed by atoms with Crippen LogP contribution in [0.3, 0.4) is 0 Å². The van der Waals surface area contributed by atoms with Crippen molar-refractivity contribution in [2.75, 3.05) is 6.61 Å². The number of hydrogen-bond donors (Lipinski definition) is 0. The zero-order valence-electron chi connectivity index (χ0n) is 6.41. The maximum atomic E-state index is 9.98. The molecule has 0 saturated heterocycles. The Morgan fingerprint density at radius 2 is 1.56 bits per heavy atom. The molecule has 1 nitrogen and oxygen atoms in total. The topological polar surface area (TPSA) is 23.1 Å². The van der Waals surface area contributed by atoms with Crippen molar-refractivity contribution in [3.63, 3.8) is 0 Å². The minimum Gasteiger partial charge on any atom is -1.00 e. The number of hydrogen-bond acceptors (Lipinski definition) is 1. The van der Waals surface area contributed by atoms with E-state index >= 15 is 0 Å². The van der Waals surface area contributed by atoms with Gasteiger partial charge in [-0.25, -0.2) is 0 Å². The van der Waals surface area contributed by atoms with E-state index < -0.39 is 8.07 Å². The molecule has 0 rings (SSSR count). The van der Waals surface area contributed by atoms with Crippen molar-refractivity contribution in [1.82, 2.24) is 0 Å². The van der Waals surface area contributed by atoms with Crippen LogP contribution in [-0.2, 0) is 0 Å². The van der Waals surface area contributed by atoms with Crippen molar-refractivity contribution in [2.24, 2.45) is 0 Å². The smallest absolute Gasteiger partial charge is 1.00 e. The molecule has 0 unspecified atom stereocenters. The summed E-state index contributed by atoms with van der Waals surface area (Å²) >= 11 is 0. The Morgan fingerprint density at radius 1 is 1.22 bits per heavy atom. The van der Waals surface area contributed by atoms with E-state index in [1.54, 1.807) is 0 Å². The van der Waals surface area contributed by atoms with Gasteiger partial charge in [-0.05, 0) is 0 Å². The fourth-order valence-corrected chi connectivity index (χ4v) is 0.919. The van der Waals surface area contributed by atoms with Gasteiger partial charge in [0.25, 0.3) is 0 Å². The molecule has 9 heavy (non-hydrogen) atoms. The van der Waals surface area contributed by atoms with Crippen LogP contribution in [0.2, 0.25) is 25.7 Å². The molecule has 0 saturated carbocycles. The Balaban J connectivity index is -0.000000180. The molecule has 0 aliphatic carbocycles. The van der Waals surface area contributed by atoms with Gasteiger partial charge in [0.1, 0.15) is 0 Å². The van der Waals surface area contributed by atoms with Gasteiger partial charge in [0.2, 0.25) is 0 Å². The molecular formula is C5H13ClMgOSi. The predicted octanol–water partition coefficient (Wildman–Crippen LogP) is -2.69. The molecule has 0 aromatic carbocycles. The molecule has 4 heteroatoms. The second-order valence-electron chi connectivity index (χ2n) is 3.01. The summed E-state index contributed by atoms with van der Waals surface area (Å²) in [7, 11) is -0.970. The summed E-state index contributed by atoms with van der Waals surface area (Å²) in [6, 6.07) is 0.924. The third-order valence-corrected chi connectivity index (χ3v) is 2.56. The van der Waals surface area contributed by atoms with Crippen molar-refractivity contribution in [1.29, 1.82) is 0 Å². The summed E-state index contributed by atoms with van der Waals surface area (Å²) in [6.45, 7) is 6.76. The molecule has 0 heterocycles. The van der Waals surface area contributed by atoms with Crippen LogP contribution in [0.25, 0.3) is 0 Å². The third-order valence-electron chi connectivity index (χ3n) is 0.852. The van der Waals surface area contributed by atoms with E-state index in [0.717, 1.165) is 6.04 Å². The van der Waals surface area contributed by atoms with Crippen molar-refractivity contribution in [2.45, 2.75) is 25.7 Å². The summed E-state index contributed by atoms with van der Waals surface area (Å²) in [4.78, 5) is 0. The van der Waals surface area contributed by atoms with E-state index in [0.29, 0.717) is 0 Å².